The average Bonchev–Trinajstić information content (AvgIpc) is 3.41. The van der Waals surface area contributed by atoms with Gasteiger partial charge in [0.2, 0.25) is 17.8 Å². The highest BCUT2D eigenvalue weighted by molar-refractivity contribution is 6.33. The van der Waals surface area contributed by atoms with E-state index in [0.29, 0.717) is 46.0 Å². The van der Waals surface area contributed by atoms with Crippen LogP contribution >= 0.6 is 11.6 Å². The minimum atomic E-state index is -1.01. The third-order valence-electron chi connectivity index (χ3n) is 10.1. The number of rotatable bonds is 10. The van der Waals surface area contributed by atoms with Crippen molar-refractivity contribution in [2.75, 3.05) is 50.1 Å². The molecule has 4 amide bonds. The van der Waals surface area contributed by atoms with Gasteiger partial charge in [0, 0.05) is 49.7 Å². The fourth-order valence-electron chi connectivity index (χ4n) is 7.19. The second-order valence-corrected chi connectivity index (χ2v) is 14.7. The number of ether oxygens (including phenoxy) is 1. The molecule has 3 aliphatic rings. The number of aromatic nitrogens is 3. The first-order valence-electron chi connectivity index (χ1n) is 18.2. The number of halogens is 1. The van der Waals surface area contributed by atoms with E-state index in [0.717, 1.165) is 42.8 Å². The molecule has 15 nitrogen and oxygen atoms in total. The Morgan fingerprint density at radius 3 is 2.55 bits per heavy atom. The fraction of sp³-hybridized carbons (Fsp3) is 0.350. The number of aryl methyl sites for hydroxylation is 1. The van der Waals surface area contributed by atoms with E-state index in [9.17, 15) is 28.8 Å². The standard InChI is InChI=1S/C40H39ClN8O7/c1-23(50)22-56-33-19-26-18-27(7-9-31(26)47(3)39(33)55)43-35-30(41)20-42-40(45-35)48-15-12-25(13-16-48)21-46(2)14-4-5-24-6-8-28-29(17-24)38(54)49(37(28)53)32-10-11-34(51)44-36(32)52/h6-9,17-20,25,32H,10-16,21-22H2,1-3H3,(H,42,43,45)(H,44,51,52). The Bertz CT molecular complexity index is 2410. The lowest BCUT2D eigenvalue weighted by Crippen LogP contribution is -2.54. The van der Waals surface area contributed by atoms with Gasteiger partial charge in [0.1, 0.15) is 17.7 Å². The van der Waals surface area contributed by atoms with Gasteiger partial charge in [0.05, 0.1) is 29.4 Å². The summed E-state index contributed by atoms with van der Waals surface area (Å²) in [5.41, 5.74) is 2.07. The Morgan fingerprint density at radius 1 is 1.04 bits per heavy atom. The van der Waals surface area contributed by atoms with Crippen LogP contribution in [-0.4, -0.2) is 99.6 Å². The second-order valence-electron chi connectivity index (χ2n) is 14.3. The zero-order valence-corrected chi connectivity index (χ0v) is 31.8. The lowest BCUT2D eigenvalue weighted by molar-refractivity contribution is -0.136. The summed E-state index contributed by atoms with van der Waals surface area (Å²) in [6.07, 6.45) is 3.59. The molecule has 1 atom stereocenters. The molecule has 2 N–H and O–H groups in total. The van der Waals surface area contributed by atoms with Crippen LogP contribution < -0.4 is 25.8 Å². The second kappa shape index (κ2) is 15.9. The summed E-state index contributed by atoms with van der Waals surface area (Å²) < 4.78 is 6.93. The van der Waals surface area contributed by atoms with Crippen LogP contribution in [0.2, 0.25) is 5.02 Å². The van der Waals surface area contributed by atoms with E-state index in [-0.39, 0.29) is 47.7 Å². The molecule has 7 rings (SSSR count). The van der Waals surface area contributed by atoms with Crippen molar-refractivity contribution in [2.45, 2.75) is 38.6 Å². The molecule has 0 saturated carbocycles. The van der Waals surface area contributed by atoms with Gasteiger partial charge >= 0.3 is 0 Å². The molecule has 0 spiro atoms. The van der Waals surface area contributed by atoms with Crippen LogP contribution in [0.15, 0.2) is 53.5 Å². The topological polar surface area (TPSA) is 176 Å². The molecule has 0 bridgehead atoms. The highest BCUT2D eigenvalue weighted by Gasteiger charge is 2.44. The van der Waals surface area contributed by atoms with Crippen molar-refractivity contribution in [2.24, 2.45) is 13.0 Å². The van der Waals surface area contributed by atoms with Gasteiger partial charge in [0.25, 0.3) is 17.4 Å². The summed E-state index contributed by atoms with van der Waals surface area (Å²) >= 11 is 6.51. The lowest BCUT2D eigenvalue weighted by Gasteiger charge is -2.33. The molecule has 3 aliphatic heterocycles. The summed E-state index contributed by atoms with van der Waals surface area (Å²) in [6, 6.07) is 10.9. The summed E-state index contributed by atoms with van der Waals surface area (Å²) in [7, 11) is 3.66. The zero-order chi connectivity index (χ0) is 39.7. The van der Waals surface area contributed by atoms with Crippen LogP contribution in [0.1, 0.15) is 58.9 Å². The van der Waals surface area contributed by atoms with Crippen molar-refractivity contribution in [3.05, 3.63) is 80.7 Å². The molecule has 5 heterocycles. The van der Waals surface area contributed by atoms with Gasteiger partial charge in [-0.3, -0.25) is 43.9 Å². The molecule has 4 aromatic rings. The van der Waals surface area contributed by atoms with E-state index in [1.807, 2.05) is 25.2 Å². The van der Waals surface area contributed by atoms with Crippen LogP contribution in [-0.2, 0) is 21.4 Å². The Balaban J connectivity index is 0.927. The van der Waals surface area contributed by atoms with Gasteiger partial charge in [-0.2, -0.15) is 4.98 Å². The average molecular weight is 779 g/mol. The van der Waals surface area contributed by atoms with Crippen molar-refractivity contribution in [1.29, 1.82) is 0 Å². The van der Waals surface area contributed by atoms with E-state index in [2.05, 4.69) is 37.3 Å². The first kappa shape index (κ1) is 38.2. The molecule has 288 valence electrons. The quantitative estimate of drug-likeness (QED) is 0.178. The first-order valence-corrected chi connectivity index (χ1v) is 18.6. The molecule has 2 saturated heterocycles. The molecule has 0 radical (unpaired) electrons. The number of hydrogen-bond donors (Lipinski definition) is 2. The van der Waals surface area contributed by atoms with Crippen molar-refractivity contribution in [3.8, 4) is 17.6 Å². The van der Waals surface area contributed by atoms with Gasteiger partial charge in [-0.1, -0.05) is 23.4 Å². The van der Waals surface area contributed by atoms with E-state index in [1.165, 1.54) is 11.5 Å². The van der Waals surface area contributed by atoms with Gasteiger partial charge in [-0.05, 0) is 81.6 Å². The van der Waals surface area contributed by atoms with E-state index >= 15 is 0 Å². The Kier molecular flexibility index (Phi) is 10.9. The number of ketones is 1. The van der Waals surface area contributed by atoms with Crippen LogP contribution in [0.4, 0.5) is 17.5 Å². The number of carbonyl (C=O) groups excluding carboxylic acids is 5. The zero-order valence-electron chi connectivity index (χ0n) is 31.1. The number of benzene rings is 2. The molecule has 16 heteroatoms. The predicted octanol–water partition coefficient (Wildman–Crippen LogP) is 3.29. The lowest BCUT2D eigenvalue weighted by atomic mass is 9.96. The van der Waals surface area contributed by atoms with Crippen molar-refractivity contribution in [3.63, 3.8) is 0 Å². The van der Waals surface area contributed by atoms with E-state index in [1.54, 1.807) is 37.5 Å². The number of pyridine rings is 1. The Hall–Kier alpha value is -6.11. The fourth-order valence-corrected chi connectivity index (χ4v) is 7.33. The normalized spacial score (nSPS) is 17.2. The smallest absolute Gasteiger partial charge is 0.293 e. The number of amides is 4. The number of carbonyl (C=O) groups is 5. The van der Waals surface area contributed by atoms with Crippen LogP contribution in [0.25, 0.3) is 10.9 Å². The molecule has 2 aromatic carbocycles. The molecule has 56 heavy (non-hydrogen) atoms. The van der Waals surface area contributed by atoms with Crippen molar-refractivity contribution < 1.29 is 28.7 Å². The number of fused-ring (bicyclic) bond motifs is 2. The van der Waals surface area contributed by atoms with Crippen LogP contribution in [0, 0.1) is 17.8 Å². The summed E-state index contributed by atoms with van der Waals surface area (Å²) in [5, 5.41) is 6.57. The van der Waals surface area contributed by atoms with Gasteiger partial charge < -0.3 is 19.5 Å². The van der Waals surface area contributed by atoms with E-state index in [4.69, 9.17) is 21.3 Å². The number of imide groups is 2. The number of nitrogens with one attached hydrogen (secondary N) is 2. The number of hydrogen-bond acceptors (Lipinski definition) is 12. The van der Waals surface area contributed by atoms with Crippen LogP contribution in [0.5, 0.6) is 5.75 Å². The summed E-state index contributed by atoms with van der Waals surface area (Å²) in [6.45, 7) is 4.06. The van der Waals surface area contributed by atoms with Gasteiger partial charge in [-0.25, -0.2) is 4.98 Å². The highest BCUT2D eigenvalue weighted by atomic mass is 35.5. The summed E-state index contributed by atoms with van der Waals surface area (Å²) in [5.74, 6) is 5.45. The maximum atomic E-state index is 13.2. The van der Waals surface area contributed by atoms with Gasteiger partial charge in [-0.15, -0.1) is 0 Å². The predicted molar refractivity (Wildman–Crippen MR) is 208 cm³/mol. The molecule has 2 aromatic heterocycles. The first-order chi connectivity index (χ1) is 26.9. The minimum absolute atomic E-state index is 0.0628. The Labute approximate surface area is 327 Å². The molecule has 0 aliphatic carbocycles. The maximum Gasteiger partial charge on any atom is 0.293 e. The number of piperidine rings is 2. The Morgan fingerprint density at radius 2 is 1.80 bits per heavy atom. The minimum Gasteiger partial charge on any atom is -0.480 e. The third kappa shape index (κ3) is 7.98. The highest BCUT2D eigenvalue weighted by Crippen LogP contribution is 2.30. The van der Waals surface area contributed by atoms with Crippen LogP contribution in [0.3, 0.4) is 0 Å². The molecule has 2 fully saturated rings. The van der Waals surface area contributed by atoms with Crippen molar-refractivity contribution in [1.82, 2.24) is 29.7 Å². The van der Waals surface area contributed by atoms with E-state index < -0.39 is 29.7 Å². The largest absolute Gasteiger partial charge is 0.480 e. The van der Waals surface area contributed by atoms with Crippen molar-refractivity contribution >= 4 is 69.4 Å². The molecular weight excluding hydrogens is 740 g/mol. The maximum absolute atomic E-state index is 13.2. The monoisotopic (exact) mass is 778 g/mol. The van der Waals surface area contributed by atoms with Gasteiger partial charge in [0.15, 0.2) is 17.4 Å². The molecule has 1 unspecified atom stereocenters. The number of Topliss-reactive ketones (excluding diaryl/α,β-unsaturated/α-hetero) is 1. The summed E-state index contributed by atoms with van der Waals surface area (Å²) in [4.78, 5) is 88.6. The SMILES string of the molecule is CC(=O)COc1cc2cc(Nc3nc(N4CCC(CN(C)CC#Cc5ccc6c(c5)C(=O)N(C5CCC(=O)NC5=O)C6=O)CC4)ncc3Cl)ccc2n(C)c1=O. The number of nitrogens with zero attached hydrogens (tertiary/aromatic N) is 6. The molecular formula is C40H39ClN8O7. The number of anilines is 3. The third-order valence-corrected chi connectivity index (χ3v) is 10.4.